The van der Waals surface area contributed by atoms with Crippen LogP contribution in [-0.4, -0.2) is 14.5 Å². The highest BCUT2D eigenvalue weighted by Crippen LogP contribution is 2.26. The minimum atomic E-state index is -0.159. The molecular formula is C14H15N5. The molecule has 2 heterocycles. The van der Waals surface area contributed by atoms with Crippen LogP contribution in [0.2, 0.25) is 0 Å². The van der Waals surface area contributed by atoms with Crippen LogP contribution in [0, 0.1) is 0 Å². The van der Waals surface area contributed by atoms with Gasteiger partial charge < -0.3 is 4.57 Å². The molecule has 0 fully saturated rings. The SMILES string of the molecule is Cn1ccnc1C(NN)c1cccc2ccncc12. The molecule has 0 bridgehead atoms. The van der Waals surface area contributed by atoms with Crippen LogP contribution < -0.4 is 11.3 Å². The lowest BCUT2D eigenvalue weighted by atomic mass is 10.00. The largest absolute Gasteiger partial charge is 0.336 e. The first-order chi connectivity index (χ1) is 9.31. The summed E-state index contributed by atoms with van der Waals surface area (Å²) in [5, 5.41) is 2.22. The second kappa shape index (κ2) is 4.79. The number of hydrazine groups is 1. The van der Waals surface area contributed by atoms with Crippen LogP contribution in [0.25, 0.3) is 10.8 Å². The van der Waals surface area contributed by atoms with Gasteiger partial charge in [-0.1, -0.05) is 18.2 Å². The van der Waals surface area contributed by atoms with Crippen LogP contribution in [0.5, 0.6) is 0 Å². The summed E-state index contributed by atoms with van der Waals surface area (Å²) in [5.41, 5.74) is 3.91. The van der Waals surface area contributed by atoms with Gasteiger partial charge in [-0.2, -0.15) is 0 Å². The number of fused-ring (bicyclic) bond motifs is 1. The molecule has 0 amide bonds. The summed E-state index contributed by atoms with van der Waals surface area (Å²) in [7, 11) is 1.95. The second-order valence-corrected chi connectivity index (χ2v) is 4.44. The van der Waals surface area contributed by atoms with E-state index in [-0.39, 0.29) is 6.04 Å². The lowest BCUT2D eigenvalue weighted by Gasteiger charge is -2.18. The highest BCUT2D eigenvalue weighted by molar-refractivity contribution is 5.85. The Morgan fingerprint density at radius 2 is 2.16 bits per heavy atom. The number of pyridine rings is 1. The fourth-order valence-electron chi connectivity index (χ4n) is 2.35. The van der Waals surface area contributed by atoms with Gasteiger partial charge in [-0.15, -0.1) is 0 Å². The van der Waals surface area contributed by atoms with Crippen LogP contribution in [0.1, 0.15) is 17.4 Å². The van der Waals surface area contributed by atoms with Crippen LogP contribution in [0.15, 0.2) is 49.1 Å². The van der Waals surface area contributed by atoms with Crippen molar-refractivity contribution in [2.45, 2.75) is 6.04 Å². The van der Waals surface area contributed by atoms with Gasteiger partial charge in [-0.05, 0) is 17.0 Å². The Morgan fingerprint density at radius 3 is 2.89 bits per heavy atom. The molecule has 0 aliphatic carbocycles. The minimum absolute atomic E-state index is 0.159. The van der Waals surface area contributed by atoms with Crippen LogP contribution in [-0.2, 0) is 7.05 Å². The second-order valence-electron chi connectivity index (χ2n) is 4.44. The van der Waals surface area contributed by atoms with E-state index in [0.29, 0.717) is 0 Å². The normalized spacial score (nSPS) is 12.7. The van der Waals surface area contributed by atoms with Crippen LogP contribution in [0.3, 0.4) is 0 Å². The maximum Gasteiger partial charge on any atom is 0.131 e. The third-order valence-corrected chi connectivity index (χ3v) is 3.31. The first-order valence-corrected chi connectivity index (χ1v) is 6.07. The summed E-state index contributed by atoms with van der Waals surface area (Å²) in [5.74, 6) is 6.61. The maximum absolute atomic E-state index is 5.73. The van der Waals surface area contributed by atoms with E-state index in [1.54, 1.807) is 12.4 Å². The van der Waals surface area contributed by atoms with E-state index < -0.39 is 0 Å². The summed E-state index contributed by atoms with van der Waals surface area (Å²) >= 11 is 0. The Morgan fingerprint density at radius 1 is 1.26 bits per heavy atom. The van der Waals surface area contributed by atoms with Gasteiger partial charge in [0.1, 0.15) is 11.9 Å². The van der Waals surface area contributed by atoms with Crippen molar-refractivity contribution < 1.29 is 0 Å². The fraction of sp³-hybridized carbons (Fsp3) is 0.143. The summed E-state index contributed by atoms with van der Waals surface area (Å²) in [6.45, 7) is 0. The van der Waals surface area contributed by atoms with Gasteiger partial charge in [-0.25, -0.2) is 10.4 Å². The molecule has 0 aliphatic rings. The third-order valence-electron chi connectivity index (χ3n) is 3.31. The van der Waals surface area contributed by atoms with E-state index in [4.69, 9.17) is 5.84 Å². The Labute approximate surface area is 111 Å². The summed E-state index contributed by atoms with van der Waals surface area (Å²) in [6, 6.07) is 7.96. The van der Waals surface area contributed by atoms with E-state index >= 15 is 0 Å². The number of imidazole rings is 1. The Kier molecular flexibility index (Phi) is 2.98. The molecule has 5 nitrogen and oxygen atoms in total. The molecule has 2 aromatic heterocycles. The van der Waals surface area contributed by atoms with Gasteiger partial charge in [0, 0.05) is 37.2 Å². The summed E-state index contributed by atoms with van der Waals surface area (Å²) in [4.78, 5) is 8.57. The minimum Gasteiger partial charge on any atom is -0.336 e. The van der Waals surface area contributed by atoms with E-state index in [1.807, 2.05) is 42.2 Å². The van der Waals surface area contributed by atoms with Gasteiger partial charge >= 0.3 is 0 Å². The number of nitrogens with two attached hydrogens (primary N) is 1. The van der Waals surface area contributed by atoms with Crippen molar-refractivity contribution in [1.29, 1.82) is 0 Å². The van der Waals surface area contributed by atoms with Gasteiger partial charge in [-0.3, -0.25) is 10.8 Å². The molecular weight excluding hydrogens is 238 g/mol. The number of benzene rings is 1. The zero-order chi connectivity index (χ0) is 13.2. The number of nitrogens with one attached hydrogen (secondary N) is 1. The number of aryl methyl sites for hydroxylation is 1. The molecule has 19 heavy (non-hydrogen) atoms. The molecule has 3 rings (SSSR count). The molecule has 96 valence electrons. The standard InChI is InChI=1S/C14H15N5/c1-19-8-7-17-14(19)13(18-15)11-4-2-3-10-5-6-16-9-12(10)11/h2-9,13,18H,15H2,1H3. The molecule has 1 unspecified atom stereocenters. The highest BCUT2D eigenvalue weighted by atomic mass is 15.3. The van der Waals surface area contributed by atoms with Crippen molar-refractivity contribution in [2.24, 2.45) is 12.9 Å². The Bertz CT molecular complexity index is 698. The van der Waals surface area contributed by atoms with Crippen molar-refractivity contribution in [1.82, 2.24) is 20.0 Å². The van der Waals surface area contributed by atoms with Gasteiger partial charge in [0.15, 0.2) is 0 Å². The van der Waals surface area contributed by atoms with Crippen molar-refractivity contribution in [3.05, 3.63) is 60.4 Å². The molecule has 1 atom stereocenters. The van der Waals surface area contributed by atoms with Gasteiger partial charge in [0.05, 0.1) is 0 Å². The highest BCUT2D eigenvalue weighted by Gasteiger charge is 2.18. The summed E-state index contributed by atoms with van der Waals surface area (Å²) in [6.07, 6.45) is 7.32. The number of hydrogen-bond donors (Lipinski definition) is 2. The molecule has 1 aromatic carbocycles. The maximum atomic E-state index is 5.73. The van der Waals surface area contributed by atoms with Crippen LogP contribution in [0.4, 0.5) is 0 Å². The Balaban J connectivity index is 2.20. The fourth-order valence-corrected chi connectivity index (χ4v) is 2.35. The lowest BCUT2D eigenvalue weighted by Crippen LogP contribution is -2.31. The van der Waals surface area contributed by atoms with E-state index in [1.165, 1.54) is 0 Å². The molecule has 3 aromatic rings. The Hall–Kier alpha value is -2.24. The molecule has 0 saturated carbocycles. The predicted octanol–water partition coefficient (Wildman–Crippen LogP) is 1.52. The first-order valence-electron chi connectivity index (χ1n) is 6.07. The van der Waals surface area contributed by atoms with E-state index in [2.05, 4.69) is 21.5 Å². The van der Waals surface area contributed by atoms with Crippen molar-refractivity contribution in [3.8, 4) is 0 Å². The molecule has 0 saturated heterocycles. The molecule has 5 heteroatoms. The quantitative estimate of drug-likeness (QED) is 0.548. The number of rotatable bonds is 3. The van der Waals surface area contributed by atoms with Crippen molar-refractivity contribution in [2.75, 3.05) is 0 Å². The zero-order valence-electron chi connectivity index (χ0n) is 10.6. The average molecular weight is 253 g/mol. The lowest BCUT2D eigenvalue weighted by molar-refractivity contribution is 0.583. The third kappa shape index (κ3) is 1.99. The van der Waals surface area contributed by atoms with Gasteiger partial charge in [0.25, 0.3) is 0 Å². The topological polar surface area (TPSA) is 68.8 Å². The van der Waals surface area contributed by atoms with Crippen molar-refractivity contribution in [3.63, 3.8) is 0 Å². The smallest absolute Gasteiger partial charge is 0.131 e. The zero-order valence-corrected chi connectivity index (χ0v) is 10.6. The monoisotopic (exact) mass is 253 g/mol. The molecule has 0 aliphatic heterocycles. The van der Waals surface area contributed by atoms with E-state index in [9.17, 15) is 0 Å². The number of aromatic nitrogens is 3. The summed E-state index contributed by atoms with van der Waals surface area (Å²) < 4.78 is 1.96. The number of hydrogen-bond acceptors (Lipinski definition) is 4. The van der Waals surface area contributed by atoms with E-state index in [0.717, 1.165) is 22.2 Å². The number of nitrogens with zero attached hydrogens (tertiary/aromatic N) is 3. The molecule has 0 spiro atoms. The first kappa shape index (κ1) is 11.8. The molecule has 0 radical (unpaired) electrons. The van der Waals surface area contributed by atoms with Crippen molar-refractivity contribution >= 4 is 10.8 Å². The average Bonchev–Trinajstić information content (AvgIpc) is 2.86. The van der Waals surface area contributed by atoms with Gasteiger partial charge in [0.2, 0.25) is 0 Å². The van der Waals surface area contributed by atoms with Crippen LogP contribution >= 0.6 is 0 Å². The predicted molar refractivity (Wildman–Crippen MR) is 74.1 cm³/mol. The molecule has 3 N–H and O–H groups in total.